The molecular weight excluding hydrogens is 360 g/mol. The maximum Gasteiger partial charge on any atom is 0.185 e. The number of benzene rings is 2. The summed E-state index contributed by atoms with van der Waals surface area (Å²) >= 11 is 0. The van der Waals surface area contributed by atoms with Gasteiger partial charge >= 0.3 is 0 Å². The minimum Gasteiger partial charge on any atom is -0.364 e. The molecule has 0 radical (unpaired) electrons. The Balaban J connectivity index is 1.84. The average molecular weight is 376 g/mol. The van der Waals surface area contributed by atoms with Gasteiger partial charge in [-0.1, -0.05) is 48.6 Å². The summed E-state index contributed by atoms with van der Waals surface area (Å²) in [6, 6.07) is 15.9. The highest BCUT2D eigenvalue weighted by Gasteiger charge is 2.58. The van der Waals surface area contributed by atoms with Crippen LogP contribution in [0.4, 0.5) is 0 Å². The highest BCUT2D eigenvalue weighted by atomic mass is 32.2. The zero-order valence-electron chi connectivity index (χ0n) is 13.1. The van der Waals surface area contributed by atoms with Crippen LogP contribution in [-0.4, -0.2) is 39.5 Å². The zero-order valence-corrected chi connectivity index (χ0v) is 14.7. The van der Waals surface area contributed by atoms with Crippen molar-refractivity contribution >= 4 is 19.7 Å². The van der Waals surface area contributed by atoms with E-state index in [1.807, 2.05) is 0 Å². The zero-order chi connectivity index (χ0) is 17.7. The minimum absolute atomic E-state index is 0.109. The van der Waals surface area contributed by atoms with Gasteiger partial charge in [0.05, 0.1) is 22.0 Å². The Morgan fingerprint density at radius 1 is 0.600 bits per heavy atom. The molecule has 2 aromatic rings. The third kappa shape index (κ3) is 2.54. The van der Waals surface area contributed by atoms with Crippen LogP contribution in [0.5, 0.6) is 0 Å². The molecule has 2 bridgehead atoms. The molecule has 0 spiro atoms. The Kier molecular flexibility index (Phi) is 3.82. The van der Waals surface area contributed by atoms with Crippen molar-refractivity contribution in [2.45, 2.75) is 32.5 Å². The molecule has 0 aliphatic carbocycles. The van der Waals surface area contributed by atoms with Crippen molar-refractivity contribution in [3.05, 3.63) is 72.8 Å². The SMILES string of the molecule is O=S(=O)(c1ccccc1)[C@H]1[C@H](S(=O)(=O)c2ccccc2)[C@H]2C=C[C@@H]1O2. The molecule has 2 aromatic carbocycles. The third-order valence-electron chi connectivity index (χ3n) is 4.64. The molecule has 2 heterocycles. The van der Waals surface area contributed by atoms with E-state index >= 15 is 0 Å². The first-order valence-corrected chi connectivity index (χ1v) is 10.9. The van der Waals surface area contributed by atoms with Gasteiger partial charge in [-0.3, -0.25) is 0 Å². The van der Waals surface area contributed by atoms with E-state index in [0.717, 1.165) is 0 Å². The lowest BCUT2D eigenvalue weighted by molar-refractivity contribution is 0.121. The van der Waals surface area contributed by atoms with Gasteiger partial charge in [0.25, 0.3) is 0 Å². The predicted octanol–water partition coefficient (Wildman–Crippen LogP) is 2.01. The van der Waals surface area contributed by atoms with E-state index in [9.17, 15) is 16.8 Å². The summed E-state index contributed by atoms with van der Waals surface area (Å²) in [4.78, 5) is 0.218. The van der Waals surface area contributed by atoms with Crippen LogP contribution >= 0.6 is 0 Å². The number of rotatable bonds is 4. The van der Waals surface area contributed by atoms with Crippen molar-refractivity contribution in [2.75, 3.05) is 0 Å². The molecule has 2 aliphatic rings. The summed E-state index contributed by atoms with van der Waals surface area (Å²) < 4.78 is 58.2. The van der Waals surface area contributed by atoms with Crippen LogP contribution in [0.3, 0.4) is 0 Å². The first-order valence-electron chi connectivity index (χ1n) is 7.84. The smallest absolute Gasteiger partial charge is 0.185 e. The second-order valence-electron chi connectivity index (χ2n) is 6.10. The van der Waals surface area contributed by atoms with Gasteiger partial charge in [0.1, 0.15) is 10.5 Å². The number of hydrogen-bond donors (Lipinski definition) is 0. The van der Waals surface area contributed by atoms with Gasteiger partial charge in [0, 0.05) is 0 Å². The highest BCUT2D eigenvalue weighted by molar-refractivity contribution is 7.96. The van der Waals surface area contributed by atoms with Crippen LogP contribution in [0.1, 0.15) is 0 Å². The van der Waals surface area contributed by atoms with E-state index in [-0.39, 0.29) is 9.79 Å². The van der Waals surface area contributed by atoms with E-state index in [1.165, 1.54) is 24.3 Å². The fourth-order valence-corrected chi connectivity index (χ4v) is 8.09. The lowest BCUT2D eigenvalue weighted by Gasteiger charge is -2.25. The molecule has 0 N–H and O–H groups in total. The summed E-state index contributed by atoms with van der Waals surface area (Å²) in [6.45, 7) is 0. The maximum atomic E-state index is 13.1. The molecule has 25 heavy (non-hydrogen) atoms. The topological polar surface area (TPSA) is 77.5 Å². The maximum absolute atomic E-state index is 13.1. The lowest BCUT2D eigenvalue weighted by Crippen LogP contribution is -2.45. The largest absolute Gasteiger partial charge is 0.364 e. The summed E-state index contributed by atoms with van der Waals surface area (Å²) in [7, 11) is -7.73. The first-order chi connectivity index (χ1) is 11.9. The normalized spacial score (nSPS) is 28.3. The molecule has 130 valence electrons. The van der Waals surface area contributed by atoms with Gasteiger partial charge in [-0.05, 0) is 24.3 Å². The molecule has 1 saturated heterocycles. The molecule has 4 rings (SSSR count). The summed E-state index contributed by atoms with van der Waals surface area (Å²) in [5.41, 5.74) is 0. The summed E-state index contributed by atoms with van der Waals surface area (Å²) in [6.07, 6.45) is 1.79. The molecule has 7 heteroatoms. The molecule has 0 aromatic heterocycles. The Labute approximate surface area is 146 Å². The molecule has 1 fully saturated rings. The number of ether oxygens (including phenoxy) is 1. The second-order valence-corrected chi connectivity index (χ2v) is 10.3. The van der Waals surface area contributed by atoms with E-state index in [4.69, 9.17) is 4.74 Å². The molecule has 4 atom stereocenters. The Morgan fingerprint density at radius 3 is 1.32 bits per heavy atom. The monoisotopic (exact) mass is 376 g/mol. The predicted molar refractivity (Wildman–Crippen MR) is 92.6 cm³/mol. The first kappa shape index (κ1) is 16.5. The van der Waals surface area contributed by atoms with Gasteiger partial charge in [-0.2, -0.15) is 0 Å². The van der Waals surface area contributed by atoms with Gasteiger partial charge in [-0.15, -0.1) is 0 Å². The lowest BCUT2D eigenvalue weighted by atomic mass is 10.1. The number of sulfone groups is 2. The third-order valence-corrected chi connectivity index (χ3v) is 9.22. The van der Waals surface area contributed by atoms with E-state index in [1.54, 1.807) is 48.6 Å². The van der Waals surface area contributed by atoms with Crippen LogP contribution < -0.4 is 0 Å². The van der Waals surface area contributed by atoms with Gasteiger partial charge in [0.15, 0.2) is 19.7 Å². The Hall–Kier alpha value is -1.96. The van der Waals surface area contributed by atoms with Crippen molar-refractivity contribution in [1.29, 1.82) is 0 Å². The van der Waals surface area contributed by atoms with E-state index < -0.39 is 42.4 Å². The van der Waals surface area contributed by atoms with Crippen LogP contribution in [-0.2, 0) is 24.4 Å². The average Bonchev–Trinajstić information content (AvgIpc) is 3.25. The fourth-order valence-electron chi connectivity index (χ4n) is 3.48. The van der Waals surface area contributed by atoms with E-state index in [2.05, 4.69) is 0 Å². The summed E-state index contributed by atoms with van der Waals surface area (Å²) in [5, 5.41) is -2.31. The van der Waals surface area contributed by atoms with Gasteiger partial charge < -0.3 is 4.74 Å². The standard InChI is InChI=1S/C18H16O5S2/c19-24(20,13-7-3-1-4-8-13)17-15-11-12-16(23-15)18(17)25(21,22)14-9-5-2-6-10-14/h1-12,15-18H/t15-,16+,17-,18-/m1/s1. The highest BCUT2D eigenvalue weighted by Crippen LogP contribution is 2.41. The van der Waals surface area contributed by atoms with Gasteiger partial charge in [-0.25, -0.2) is 16.8 Å². The van der Waals surface area contributed by atoms with Crippen LogP contribution in [0, 0.1) is 0 Å². The van der Waals surface area contributed by atoms with Crippen LogP contribution in [0.15, 0.2) is 82.6 Å². The van der Waals surface area contributed by atoms with Crippen molar-refractivity contribution < 1.29 is 21.6 Å². The molecule has 0 unspecified atom stereocenters. The number of hydrogen-bond acceptors (Lipinski definition) is 5. The fraction of sp³-hybridized carbons (Fsp3) is 0.222. The Bertz CT molecular complexity index is 928. The van der Waals surface area contributed by atoms with Crippen LogP contribution in [0.2, 0.25) is 0 Å². The summed E-state index contributed by atoms with van der Waals surface area (Å²) in [5.74, 6) is 0. The molecule has 0 amide bonds. The van der Waals surface area contributed by atoms with Crippen molar-refractivity contribution in [3.63, 3.8) is 0 Å². The molecular formula is C18H16O5S2. The van der Waals surface area contributed by atoms with Crippen molar-refractivity contribution in [1.82, 2.24) is 0 Å². The minimum atomic E-state index is -3.87. The molecule has 5 nitrogen and oxygen atoms in total. The molecule has 0 saturated carbocycles. The van der Waals surface area contributed by atoms with Gasteiger partial charge in [0.2, 0.25) is 0 Å². The van der Waals surface area contributed by atoms with Crippen molar-refractivity contribution in [3.8, 4) is 0 Å². The molecule has 2 aliphatic heterocycles. The van der Waals surface area contributed by atoms with Crippen LogP contribution in [0.25, 0.3) is 0 Å². The second kappa shape index (κ2) is 5.79. The number of fused-ring (bicyclic) bond motifs is 2. The van der Waals surface area contributed by atoms with E-state index in [0.29, 0.717) is 0 Å². The Morgan fingerprint density at radius 2 is 0.960 bits per heavy atom. The quantitative estimate of drug-likeness (QED) is 0.763. The van der Waals surface area contributed by atoms with Crippen molar-refractivity contribution in [2.24, 2.45) is 0 Å².